The lowest BCUT2D eigenvalue weighted by Gasteiger charge is -2.45. The van der Waals surface area contributed by atoms with E-state index in [9.17, 15) is 65.1 Å². The zero-order chi connectivity index (χ0) is 87.0. The molecule has 2 saturated carbocycles. The first-order chi connectivity index (χ1) is 54.9. The van der Waals surface area contributed by atoms with Crippen molar-refractivity contribution in [3.05, 3.63) is 106 Å². The molecule has 0 radical (unpaired) electrons. The summed E-state index contributed by atoms with van der Waals surface area (Å²) in [6.07, 6.45) is -3.28. The molecule has 2 saturated heterocycles. The Hall–Kier alpha value is -9.78. The molecular formula is C85H121F5N12O15. The maximum absolute atomic E-state index is 15.6. The maximum atomic E-state index is 15.6. The molecule has 32 heteroatoms. The van der Waals surface area contributed by atoms with Crippen molar-refractivity contribution >= 4 is 77.0 Å². The fourth-order valence-corrected chi connectivity index (χ4v) is 16.1. The second-order valence-electron chi connectivity index (χ2n) is 33.6. The monoisotopic (exact) mass is 1640 g/mol. The summed E-state index contributed by atoms with van der Waals surface area (Å²) < 4.78 is 81.3. The summed E-state index contributed by atoms with van der Waals surface area (Å²) in [5.74, 6) is -12.9. The number of nitrogens with zero attached hydrogens (tertiary/aromatic N) is 9. The highest BCUT2D eigenvalue weighted by molar-refractivity contribution is 6.01. The minimum Gasteiger partial charge on any atom is -0.459 e. The molecule has 117 heavy (non-hydrogen) atoms. The summed E-state index contributed by atoms with van der Waals surface area (Å²) >= 11 is 0. The molecular weight excluding hydrogens is 1520 g/mol. The van der Waals surface area contributed by atoms with Crippen molar-refractivity contribution in [2.45, 2.75) is 257 Å². The van der Waals surface area contributed by atoms with Gasteiger partial charge in [-0.05, 0) is 152 Å². The van der Waals surface area contributed by atoms with E-state index >= 15 is 19.2 Å². The van der Waals surface area contributed by atoms with Crippen molar-refractivity contribution in [2.24, 2.45) is 17.8 Å². The number of halogens is 5. The van der Waals surface area contributed by atoms with Crippen molar-refractivity contribution in [3.8, 4) is 0 Å². The van der Waals surface area contributed by atoms with E-state index in [1.165, 1.54) is 95.5 Å². The lowest BCUT2D eigenvalue weighted by Crippen LogP contribution is -2.65. The fourth-order valence-electron chi connectivity index (χ4n) is 16.1. The van der Waals surface area contributed by atoms with Crippen LogP contribution < -0.4 is 16.0 Å². The molecule has 0 spiro atoms. The SMILES string of the molecule is CC[C@H](C)[C@H](NC(=O)[C@H](CC(C)C)N(C)C(=O)C[C@@H](C(=O)N(C)C)N(C)C(=O)[C@H](C1CCCC1)N(C)C(=O)C1(NC(=O)[C@@H]2CCCN2C(=O)[C@H](CCc2cc(F)c(C(F)(F)F)c(F)c2)NC(=O)OCc2ccccc2)CCCC1)C(=O)N(C)[C@@H](C)C(=O)N1CC[C@H]1C(=O)N(CC)C(Cc1ccc(C)cc1)C(=O)N(C)CC(=O)OC(C)(C)C. The summed E-state index contributed by atoms with van der Waals surface area (Å²) in [5.41, 5.74) is -2.50. The van der Waals surface area contributed by atoms with Gasteiger partial charge in [0.1, 0.15) is 95.9 Å². The Morgan fingerprint density at radius 3 is 1.79 bits per heavy atom. The number of benzene rings is 3. The minimum absolute atomic E-state index is 0.0269. The quantitative estimate of drug-likeness (QED) is 0.0368. The Morgan fingerprint density at radius 2 is 1.24 bits per heavy atom. The summed E-state index contributed by atoms with van der Waals surface area (Å²) in [6, 6.07) is 5.61. The van der Waals surface area contributed by atoms with Crippen LogP contribution in [0.1, 0.15) is 186 Å². The fraction of sp³-hybridized carbons (Fsp3) is 0.635. The highest BCUT2D eigenvalue weighted by Crippen LogP contribution is 2.39. The molecule has 2 aliphatic heterocycles. The number of aryl methyl sites for hydroxylation is 2. The maximum Gasteiger partial charge on any atom is 0.422 e. The van der Waals surface area contributed by atoms with Crippen LogP contribution in [0.5, 0.6) is 0 Å². The van der Waals surface area contributed by atoms with E-state index in [-0.39, 0.29) is 89.2 Å². The van der Waals surface area contributed by atoms with E-state index in [2.05, 4.69) is 16.0 Å². The third kappa shape index (κ3) is 24.0. The predicted molar refractivity (Wildman–Crippen MR) is 425 cm³/mol. The normalized spacial score (nSPS) is 18.1. The van der Waals surface area contributed by atoms with Gasteiger partial charge in [-0.2, -0.15) is 13.2 Å². The molecule has 4 fully saturated rings. The van der Waals surface area contributed by atoms with Gasteiger partial charge in [-0.3, -0.25) is 57.5 Å². The lowest BCUT2D eigenvalue weighted by molar-refractivity contribution is -0.162. The number of amides is 12. The molecule has 0 bridgehead atoms. The van der Waals surface area contributed by atoms with Gasteiger partial charge < -0.3 is 69.5 Å². The van der Waals surface area contributed by atoms with Crippen LogP contribution in [0, 0.1) is 36.3 Å². The van der Waals surface area contributed by atoms with Crippen LogP contribution in [0.3, 0.4) is 0 Å². The lowest BCUT2D eigenvalue weighted by atomic mass is 9.90. The number of nitrogens with one attached hydrogen (secondary N) is 3. The van der Waals surface area contributed by atoms with Crippen molar-refractivity contribution < 1.29 is 93.8 Å². The van der Waals surface area contributed by atoms with Crippen LogP contribution in [0.15, 0.2) is 66.7 Å². The summed E-state index contributed by atoms with van der Waals surface area (Å²) in [6.45, 7) is 17.1. The highest BCUT2D eigenvalue weighted by Gasteiger charge is 2.52. The van der Waals surface area contributed by atoms with Gasteiger partial charge in [-0.1, -0.05) is 120 Å². The van der Waals surface area contributed by atoms with Crippen LogP contribution in [0.25, 0.3) is 0 Å². The Morgan fingerprint density at radius 1 is 0.632 bits per heavy atom. The molecule has 3 aromatic rings. The van der Waals surface area contributed by atoms with Gasteiger partial charge in [0.15, 0.2) is 0 Å². The van der Waals surface area contributed by atoms with Gasteiger partial charge in [-0.15, -0.1) is 0 Å². The molecule has 3 aromatic carbocycles. The Balaban J connectivity index is 1.06. The summed E-state index contributed by atoms with van der Waals surface area (Å²) in [7, 11) is 9.96. The zero-order valence-corrected chi connectivity index (χ0v) is 70.9. The van der Waals surface area contributed by atoms with Gasteiger partial charge in [0.2, 0.25) is 65.0 Å². The van der Waals surface area contributed by atoms with Crippen molar-refractivity contribution in [3.63, 3.8) is 0 Å². The average Bonchev–Trinajstić information content (AvgIpc) is 1.75. The van der Waals surface area contributed by atoms with Crippen molar-refractivity contribution in [1.82, 2.24) is 60.0 Å². The molecule has 27 nitrogen and oxygen atoms in total. The molecule has 646 valence electrons. The van der Waals surface area contributed by atoms with Gasteiger partial charge in [0.05, 0.1) is 6.42 Å². The molecule has 0 aromatic heterocycles. The molecule has 2 heterocycles. The van der Waals surface area contributed by atoms with E-state index in [4.69, 9.17) is 9.47 Å². The minimum atomic E-state index is -5.35. The number of carbonyl (C=O) groups is 13. The number of likely N-dealkylation sites (N-methyl/N-ethyl adjacent to an activating group) is 7. The predicted octanol–water partition coefficient (Wildman–Crippen LogP) is 8.37. The first-order valence-corrected chi connectivity index (χ1v) is 40.7. The Labute approximate surface area is 684 Å². The average molecular weight is 1650 g/mol. The third-order valence-corrected chi connectivity index (χ3v) is 23.2. The standard InChI is InChI=1S/C85H121F5N12O15/c1-18-53(6)70(79(112)96(14)54(7)74(107)102-43-39-63(102)78(111)100(19-2)66(47-55-35-33-52(5)34-36-55)77(110)95(13)49-68(104)117-83(8,9)10)92-72(105)64(44-51(3)4)97(15)67(103)48-65(76(109)94(11)12)98(16)80(113)71(58-30-23-24-31-58)99(17)81(114)84(40-25-26-41-84)93-73(106)62-32-27-42-101(62)75(108)61(91-82(115)116-50-56-28-21-20-22-29-56)38-37-57-45-59(86)69(60(87)46-57)85(88,89)90/h20-22,28-29,33-36,45-46,51,53-54,58,61-66,70-71H,18-19,23-27,30-32,37-44,47-50H2,1-17H3,(H,91,115)(H,92,105)(H,93,106)/t53-,54-,61-,62-,63-,64-,65-,66?,70-,71-/m0/s1. The second kappa shape index (κ2) is 41.1. The van der Waals surface area contributed by atoms with Crippen molar-refractivity contribution in [1.29, 1.82) is 0 Å². The van der Waals surface area contributed by atoms with Gasteiger partial charge in [0.25, 0.3) is 0 Å². The number of hydrogen-bond acceptors (Lipinski definition) is 15. The number of ether oxygens (including phenoxy) is 2. The van der Waals surface area contributed by atoms with E-state index in [1.807, 2.05) is 52.0 Å². The number of hydrogen-bond donors (Lipinski definition) is 3. The third-order valence-electron chi connectivity index (χ3n) is 23.2. The van der Waals surface area contributed by atoms with Gasteiger partial charge >= 0.3 is 18.2 Å². The van der Waals surface area contributed by atoms with Crippen LogP contribution in [-0.4, -0.2) is 262 Å². The molecule has 10 atom stereocenters. The number of esters is 1. The largest absolute Gasteiger partial charge is 0.459 e. The highest BCUT2D eigenvalue weighted by atomic mass is 19.4. The van der Waals surface area contributed by atoms with Gasteiger partial charge in [-0.25, -0.2) is 13.6 Å². The molecule has 1 unspecified atom stereocenters. The second-order valence-corrected chi connectivity index (χ2v) is 33.6. The Kier molecular flexibility index (Phi) is 33.1. The van der Waals surface area contributed by atoms with Crippen LogP contribution in [0.2, 0.25) is 0 Å². The molecule has 7 rings (SSSR count). The summed E-state index contributed by atoms with van der Waals surface area (Å²) in [4.78, 5) is 202. The first kappa shape index (κ1) is 94.4. The Bertz CT molecular complexity index is 4010. The van der Waals surface area contributed by atoms with Crippen LogP contribution in [0.4, 0.5) is 26.7 Å². The van der Waals surface area contributed by atoms with E-state index < -0.39 is 197 Å². The van der Waals surface area contributed by atoms with Gasteiger partial charge in [0, 0.05) is 75.4 Å². The van der Waals surface area contributed by atoms with Crippen molar-refractivity contribution in [2.75, 3.05) is 75.5 Å². The molecule has 3 N–H and O–H groups in total. The summed E-state index contributed by atoms with van der Waals surface area (Å²) in [5, 5.41) is 8.38. The molecule has 12 amide bonds. The van der Waals surface area contributed by atoms with Crippen LogP contribution in [-0.2, 0) is 92.6 Å². The van der Waals surface area contributed by atoms with E-state index in [0.717, 1.165) is 16.0 Å². The number of rotatable bonds is 35. The van der Waals surface area contributed by atoms with E-state index in [0.29, 0.717) is 62.6 Å². The number of carbonyl (C=O) groups excluding carboxylic acids is 13. The smallest absolute Gasteiger partial charge is 0.422 e. The number of alkyl halides is 3. The molecule has 4 aliphatic rings. The van der Waals surface area contributed by atoms with Crippen LogP contribution >= 0.6 is 0 Å². The number of alkyl carbamates (subject to hydrolysis) is 1. The molecule has 2 aliphatic carbocycles. The zero-order valence-electron chi connectivity index (χ0n) is 70.9. The topological polar surface area (TPSA) is 306 Å². The van der Waals surface area contributed by atoms with E-state index in [1.54, 1.807) is 65.0 Å². The first-order valence-electron chi connectivity index (χ1n) is 40.7. The number of likely N-dealkylation sites (tertiary alicyclic amines) is 2.